The SMILES string of the molecule is O=C1CC[C@H](N2Cc3cc(O[C@@H]4CCCC[C@H]4N4CC(c5ncncc5Cl)C4)ccc3C2=O)C(=O)N1. The molecule has 36 heavy (non-hydrogen) atoms. The molecule has 3 aliphatic heterocycles. The number of benzene rings is 1. The number of halogens is 1. The van der Waals surface area contributed by atoms with Gasteiger partial charge in [0.2, 0.25) is 11.8 Å². The molecule has 1 aromatic carbocycles. The summed E-state index contributed by atoms with van der Waals surface area (Å²) < 4.78 is 6.52. The summed E-state index contributed by atoms with van der Waals surface area (Å²) in [5.74, 6) is 0.209. The van der Waals surface area contributed by atoms with E-state index in [1.165, 1.54) is 6.42 Å². The second kappa shape index (κ2) is 9.44. The largest absolute Gasteiger partial charge is 0.489 e. The van der Waals surface area contributed by atoms with Crippen molar-refractivity contribution in [2.45, 2.75) is 69.2 Å². The Morgan fingerprint density at radius 2 is 1.92 bits per heavy atom. The summed E-state index contributed by atoms with van der Waals surface area (Å²) in [6, 6.07) is 5.30. The highest BCUT2D eigenvalue weighted by atomic mass is 35.5. The molecule has 3 atom stereocenters. The van der Waals surface area contributed by atoms with Crippen molar-refractivity contribution < 1.29 is 19.1 Å². The van der Waals surface area contributed by atoms with E-state index in [1.54, 1.807) is 23.5 Å². The van der Waals surface area contributed by atoms with Gasteiger partial charge >= 0.3 is 0 Å². The van der Waals surface area contributed by atoms with Crippen molar-refractivity contribution in [2.75, 3.05) is 13.1 Å². The minimum Gasteiger partial charge on any atom is -0.489 e. The van der Waals surface area contributed by atoms with E-state index in [-0.39, 0.29) is 24.3 Å². The van der Waals surface area contributed by atoms with E-state index in [1.807, 2.05) is 12.1 Å². The van der Waals surface area contributed by atoms with E-state index in [0.29, 0.717) is 35.5 Å². The highest BCUT2D eigenvalue weighted by Gasteiger charge is 2.41. The molecule has 3 amide bonds. The number of carbonyl (C=O) groups excluding carboxylic acids is 3. The van der Waals surface area contributed by atoms with Gasteiger partial charge in [-0.25, -0.2) is 9.97 Å². The topological polar surface area (TPSA) is 105 Å². The summed E-state index contributed by atoms with van der Waals surface area (Å²) in [5.41, 5.74) is 2.37. The summed E-state index contributed by atoms with van der Waals surface area (Å²) in [5, 5.41) is 2.97. The number of likely N-dealkylation sites (tertiary alicyclic amines) is 1. The number of imide groups is 1. The van der Waals surface area contributed by atoms with Crippen LogP contribution < -0.4 is 10.1 Å². The zero-order chi connectivity index (χ0) is 24.8. The molecular weight excluding hydrogens is 482 g/mol. The first kappa shape index (κ1) is 23.4. The molecular formula is C26H28ClN5O4. The molecule has 4 heterocycles. The van der Waals surface area contributed by atoms with Crippen molar-refractivity contribution in [1.82, 2.24) is 25.1 Å². The lowest BCUT2D eigenvalue weighted by atomic mass is 9.85. The summed E-state index contributed by atoms with van der Waals surface area (Å²) in [7, 11) is 0. The number of hydrogen-bond acceptors (Lipinski definition) is 7. The zero-order valence-corrected chi connectivity index (χ0v) is 20.6. The molecule has 2 saturated heterocycles. The molecule has 9 nitrogen and oxygen atoms in total. The fourth-order valence-electron chi connectivity index (χ4n) is 6.01. The Morgan fingerprint density at radius 1 is 1.08 bits per heavy atom. The van der Waals surface area contributed by atoms with E-state index in [0.717, 1.165) is 49.4 Å². The van der Waals surface area contributed by atoms with Gasteiger partial charge in [0.15, 0.2) is 0 Å². The minimum atomic E-state index is -0.613. The minimum absolute atomic E-state index is 0.0713. The number of fused-ring (bicyclic) bond motifs is 1. The van der Waals surface area contributed by atoms with Gasteiger partial charge in [0.25, 0.3) is 5.91 Å². The smallest absolute Gasteiger partial charge is 0.255 e. The van der Waals surface area contributed by atoms with Gasteiger partial charge in [-0.2, -0.15) is 0 Å². The van der Waals surface area contributed by atoms with Crippen molar-refractivity contribution in [2.24, 2.45) is 0 Å². The van der Waals surface area contributed by atoms with Crippen molar-refractivity contribution in [3.63, 3.8) is 0 Å². The lowest BCUT2D eigenvalue weighted by molar-refractivity contribution is -0.136. The Hall–Kier alpha value is -3.04. The predicted octanol–water partition coefficient (Wildman–Crippen LogP) is 2.68. The Balaban J connectivity index is 1.12. The molecule has 1 aromatic heterocycles. The van der Waals surface area contributed by atoms with Crippen LogP contribution in [0.1, 0.15) is 66.1 Å². The summed E-state index contributed by atoms with van der Waals surface area (Å²) >= 11 is 6.30. The first-order chi connectivity index (χ1) is 17.5. The van der Waals surface area contributed by atoms with Crippen LogP contribution >= 0.6 is 11.6 Å². The lowest BCUT2D eigenvalue weighted by Gasteiger charge is -2.48. The highest BCUT2D eigenvalue weighted by molar-refractivity contribution is 6.31. The summed E-state index contributed by atoms with van der Waals surface area (Å²) in [6.07, 6.45) is 8.25. The van der Waals surface area contributed by atoms with Crippen LogP contribution in [0.3, 0.4) is 0 Å². The average Bonchev–Trinajstić information content (AvgIpc) is 3.16. The molecule has 0 spiro atoms. The number of aromatic nitrogens is 2. The van der Waals surface area contributed by atoms with E-state index < -0.39 is 11.9 Å². The number of amides is 3. The van der Waals surface area contributed by atoms with Gasteiger partial charge in [-0.15, -0.1) is 0 Å². The molecule has 3 fully saturated rings. The van der Waals surface area contributed by atoms with Crippen LogP contribution in [0, 0.1) is 0 Å². The van der Waals surface area contributed by atoms with Crippen LogP contribution in [-0.2, 0) is 16.1 Å². The van der Waals surface area contributed by atoms with Crippen LogP contribution in [0.15, 0.2) is 30.7 Å². The maximum atomic E-state index is 13.0. The number of nitrogens with one attached hydrogen (secondary N) is 1. The van der Waals surface area contributed by atoms with E-state index in [2.05, 4.69) is 20.2 Å². The second-order valence-electron chi connectivity index (χ2n) is 10.1. The van der Waals surface area contributed by atoms with Crippen LogP contribution in [0.4, 0.5) is 0 Å². The number of hydrogen-bond donors (Lipinski definition) is 1. The normalized spacial score (nSPS) is 27.0. The number of rotatable bonds is 5. The van der Waals surface area contributed by atoms with Gasteiger partial charge in [0.05, 0.1) is 10.7 Å². The molecule has 1 aliphatic carbocycles. The van der Waals surface area contributed by atoms with Gasteiger partial charge in [-0.05, 0) is 49.4 Å². The molecule has 0 unspecified atom stereocenters. The third-order valence-electron chi connectivity index (χ3n) is 7.91. The molecule has 1 N–H and O–H groups in total. The number of carbonyl (C=O) groups is 3. The quantitative estimate of drug-likeness (QED) is 0.618. The predicted molar refractivity (Wildman–Crippen MR) is 131 cm³/mol. The van der Waals surface area contributed by atoms with Crippen LogP contribution in [0.5, 0.6) is 5.75 Å². The average molecular weight is 510 g/mol. The van der Waals surface area contributed by atoms with Gasteiger partial charge in [-0.3, -0.25) is 24.6 Å². The van der Waals surface area contributed by atoms with Crippen molar-refractivity contribution in [3.8, 4) is 5.75 Å². The number of ether oxygens (including phenoxy) is 1. The third-order valence-corrected chi connectivity index (χ3v) is 8.20. The molecule has 0 bridgehead atoms. The maximum Gasteiger partial charge on any atom is 0.255 e. The molecule has 10 heteroatoms. The third kappa shape index (κ3) is 4.24. The van der Waals surface area contributed by atoms with E-state index in [9.17, 15) is 14.4 Å². The fourth-order valence-corrected chi connectivity index (χ4v) is 6.27. The first-order valence-corrected chi connectivity index (χ1v) is 13.0. The molecule has 0 radical (unpaired) electrons. The number of nitrogens with zero attached hydrogens (tertiary/aromatic N) is 4. The Kier molecular flexibility index (Phi) is 6.13. The van der Waals surface area contributed by atoms with Crippen LogP contribution in [0.25, 0.3) is 0 Å². The van der Waals surface area contributed by atoms with Gasteiger partial charge in [-0.1, -0.05) is 18.0 Å². The molecule has 4 aliphatic rings. The van der Waals surface area contributed by atoms with Gasteiger partial charge < -0.3 is 9.64 Å². The first-order valence-electron chi connectivity index (χ1n) is 12.6. The van der Waals surface area contributed by atoms with Crippen molar-refractivity contribution in [1.29, 1.82) is 0 Å². The molecule has 1 saturated carbocycles. The van der Waals surface area contributed by atoms with Crippen molar-refractivity contribution >= 4 is 29.3 Å². The Labute approximate surface area is 214 Å². The summed E-state index contributed by atoms with van der Waals surface area (Å²) in [4.78, 5) is 49.2. The summed E-state index contributed by atoms with van der Waals surface area (Å²) in [6.45, 7) is 2.15. The van der Waals surface area contributed by atoms with Gasteiger partial charge in [0.1, 0.15) is 24.2 Å². The van der Waals surface area contributed by atoms with Crippen LogP contribution in [0.2, 0.25) is 5.02 Å². The maximum absolute atomic E-state index is 13.0. The molecule has 2 aromatic rings. The molecule has 188 valence electrons. The standard InChI is InChI=1S/C26H28ClN5O4/c27-19-10-28-14-29-24(19)16-11-31(12-16)20-3-1-2-4-22(20)36-17-5-6-18-15(9-17)13-32(26(18)35)21-7-8-23(33)30-25(21)34/h5-6,9-10,14,16,20-22H,1-4,7-8,11-13H2,(H,30,33,34)/t20-,21+,22-/m1/s1. The molecule has 6 rings (SSSR count). The zero-order valence-electron chi connectivity index (χ0n) is 19.9. The van der Waals surface area contributed by atoms with Gasteiger partial charge in [0, 0.05) is 49.8 Å². The van der Waals surface area contributed by atoms with Crippen LogP contribution in [-0.4, -0.2) is 68.8 Å². The second-order valence-corrected chi connectivity index (χ2v) is 10.5. The fraction of sp³-hybridized carbons (Fsp3) is 0.500. The van der Waals surface area contributed by atoms with Crippen molar-refractivity contribution in [3.05, 3.63) is 52.6 Å². The Bertz CT molecular complexity index is 1220. The lowest BCUT2D eigenvalue weighted by Crippen LogP contribution is -2.57. The Morgan fingerprint density at radius 3 is 2.72 bits per heavy atom. The van der Waals surface area contributed by atoms with E-state index in [4.69, 9.17) is 16.3 Å². The number of piperidine rings is 1. The van der Waals surface area contributed by atoms with E-state index >= 15 is 0 Å². The highest BCUT2D eigenvalue weighted by Crippen LogP contribution is 2.37. The monoisotopic (exact) mass is 509 g/mol.